The summed E-state index contributed by atoms with van der Waals surface area (Å²) in [5.41, 5.74) is 0.392. The van der Waals surface area contributed by atoms with Gasteiger partial charge in [-0.1, -0.05) is 25.4 Å². The summed E-state index contributed by atoms with van der Waals surface area (Å²) in [5.74, 6) is 1.60. The van der Waals surface area contributed by atoms with E-state index in [0.29, 0.717) is 27.7 Å². The van der Waals surface area contributed by atoms with Gasteiger partial charge in [-0.15, -0.1) is 0 Å². The second kappa shape index (κ2) is 8.37. The molecule has 1 aliphatic heterocycles. The highest BCUT2D eigenvalue weighted by atomic mass is 35.5. The second-order valence-corrected chi connectivity index (χ2v) is 9.90. The molecule has 1 aliphatic carbocycles. The van der Waals surface area contributed by atoms with Gasteiger partial charge in [-0.2, -0.15) is 15.0 Å². The molecule has 2 atom stereocenters. The van der Waals surface area contributed by atoms with Crippen LogP contribution in [-0.2, 0) is 4.74 Å². The Bertz CT molecular complexity index is 1390. The normalized spacial score (nSPS) is 19.3. The van der Waals surface area contributed by atoms with Crippen molar-refractivity contribution in [1.29, 1.82) is 0 Å². The van der Waals surface area contributed by atoms with E-state index < -0.39 is 17.7 Å². The number of amides is 1. The summed E-state index contributed by atoms with van der Waals surface area (Å²) in [7, 11) is 1.52. The molecule has 2 aliphatic rings. The first-order valence-electron chi connectivity index (χ1n) is 11.5. The number of hydrogen-bond acceptors (Lipinski definition) is 8. The number of hydrogen-bond donors (Lipinski definition) is 2. The van der Waals surface area contributed by atoms with Crippen LogP contribution in [0.4, 0.5) is 16.7 Å². The van der Waals surface area contributed by atoms with Gasteiger partial charge in [0.15, 0.2) is 0 Å². The molecule has 2 fully saturated rings. The molecular formula is C24H27ClN6O4. The summed E-state index contributed by atoms with van der Waals surface area (Å²) in [4.78, 5) is 43.4. The summed E-state index contributed by atoms with van der Waals surface area (Å²) in [6.07, 6.45) is 1.24. The molecule has 1 amide bonds. The van der Waals surface area contributed by atoms with Crippen molar-refractivity contribution in [3.05, 3.63) is 45.0 Å². The number of halogens is 1. The molecule has 0 bridgehead atoms. The zero-order chi connectivity index (χ0) is 25.1. The van der Waals surface area contributed by atoms with Crippen LogP contribution in [0.3, 0.4) is 0 Å². The Hall–Kier alpha value is -3.40. The SMILES string of the molecule is COc1cc2[nH]c(=O)c([C@H](C)Nc3nc(C)nc(N4C(=O)OC5(CC5)[C@@H]4C(C)C)n3)cc2cc1Cl. The van der Waals surface area contributed by atoms with Crippen molar-refractivity contribution in [2.24, 2.45) is 5.92 Å². The van der Waals surface area contributed by atoms with Crippen LogP contribution in [0.5, 0.6) is 5.75 Å². The van der Waals surface area contributed by atoms with E-state index >= 15 is 0 Å². The maximum absolute atomic E-state index is 12.8. The molecule has 0 radical (unpaired) electrons. The van der Waals surface area contributed by atoms with E-state index in [1.807, 2.05) is 6.92 Å². The van der Waals surface area contributed by atoms with E-state index in [2.05, 4.69) is 39.1 Å². The molecule has 35 heavy (non-hydrogen) atoms. The van der Waals surface area contributed by atoms with Gasteiger partial charge < -0.3 is 19.8 Å². The van der Waals surface area contributed by atoms with Crippen molar-refractivity contribution >= 4 is 40.5 Å². The Morgan fingerprint density at radius 2 is 1.94 bits per heavy atom. The molecule has 1 saturated heterocycles. The fourth-order valence-electron chi connectivity index (χ4n) is 4.88. The molecule has 10 nitrogen and oxygen atoms in total. The molecule has 184 valence electrons. The van der Waals surface area contributed by atoms with Crippen molar-refractivity contribution in [3.63, 3.8) is 0 Å². The predicted molar refractivity (Wildman–Crippen MR) is 132 cm³/mol. The highest BCUT2D eigenvalue weighted by Gasteiger charge is 2.63. The maximum Gasteiger partial charge on any atom is 0.417 e. The zero-order valence-corrected chi connectivity index (χ0v) is 20.9. The van der Waals surface area contributed by atoms with E-state index in [4.69, 9.17) is 21.1 Å². The van der Waals surface area contributed by atoms with Gasteiger partial charge in [-0.25, -0.2) is 9.69 Å². The Morgan fingerprint density at radius 3 is 2.60 bits per heavy atom. The lowest BCUT2D eigenvalue weighted by Crippen LogP contribution is -2.43. The molecule has 3 heterocycles. The van der Waals surface area contributed by atoms with Gasteiger partial charge in [0.1, 0.15) is 17.2 Å². The van der Waals surface area contributed by atoms with Gasteiger partial charge >= 0.3 is 6.09 Å². The van der Waals surface area contributed by atoms with Crippen LogP contribution in [0.15, 0.2) is 23.0 Å². The van der Waals surface area contributed by atoms with Crippen LogP contribution in [-0.4, -0.2) is 44.8 Å². The van der Waals surface area contributed by atoms with Crippen LogP contribution in [0.25, 0.3) is 10.9 Å². The molecule has 0 unspecified atom stereocenters. The average Bonchev–Trinajstić information content (AvgIpc) is 3.48. The van der Waals surface area contributed by atoms with E-state index in [9.17, 15) is 9.59 Å². The number of H-pyrrole nitrogens is 1. The van der Waals surface area contributed by atoms with Gasteiger partial charge in [0.05, 0.1) is 29.7 Å². The summed E-state index contributed by atoms with van der Waals surface area (Å²) < 4.78 is 10.9. The van der Waals surface area contributed by atoms with Gasteiger partial charge in [0, 0.05) is 17.0 Å². The smallest absolute Gasteiger partial charge is 0.417 e. The third-order valence-corrected chi connectivity index (χ3v) is 6.88. The number of ether oxygens (including phenoxy) is 2. The maximum atomic E-state index is 12.8. The van der Waals surface area contributed by atoms with Crippen molar-refractivity contribution in [3.8, 4) is 5.75 Å². The monoisotopic (exact) mass is 498 g/mol. The number of carbonyl (C=O) groups is 1. The highest BCUT2D eigenvalue weighted by Crippen LogP contribution is 2.52. The number of carbonyl (C=O) groups excluding carboxylic acids is 1. The number of pyridine rings is 1. The number of nitrogens with one attached hydrogen (secondary N) is 2. The number of anilines is 2. The first-order valence-corrected chi connectivity index (χ1v) is 11.9. The molecule has 11 heteroatoms. The third kappa shape index (κ3) is 4.05. The molecule has 1 saturated carbocycles. The van der Waals surface area contributed by atoms with E-state index in [-0.39, 0.29) is 29.4 Å². The zero-order valence-electron chi connectivity index (χ0n) is 20.2. The minimum Gasteiger partial charge on any atom is -0.495 e. The Kier molecular flexibility index (Phi) is 5.58. The Morgan fingerprint density at radius 1 is 1.20 bits per heavy atom. The number of aromatic nitrogens is 4. The summed E-state index contributed by atoms with van der Waals surface area (Å²) >= 11 is 6.27. The predicted octanol–water partition coefficient (Wildman–Crippen LogP) is 4.37. The number of fused-ring (bicyclic) bond motifs is 1. The lowest BCUT2D eigenvalue weighted by atomic mass is 9.96. The van der Waals surface area contributed by atoms with Crippen molar-refractivity contribution in [2.75, 3.05) is 17.3 Å². The first-order chi connectivity index (χ1) is 16.6. The van der Waals surface area contributed by atoms with E-state index in [0.717, 1.165) is 18.2 Å². The summed E-state index contributed by atoms with van der Waals surface area (Å²) in [6, 6.07) is 4.61. The highest BCUT2D eigenvalue weighted by molar-refractivity contribution is 6.32. The van der Waals surface area contributed by atoms with E-state index in [1.165, 1.54) is 7.11 Å². The molecular weight excluding hydrogens is 472 g/mol. The molecule has 1 spiro atoms. The number of benzene rings is 1. The molecule has 2 aromatic heterocycles. The van der Waals surface area contributed by atoms with Crippen LogP contribution >= 0.6 is 11.6 Å². The van der Waals surface area contributed by atoms with Crippen LogP contribution in [0.1, 0.15) is 51.0 Å². The second-order valence-electron chi connectivity index (χ2n) is 9.49. The first kappa shape index (κ1) is 23.3. The standard InChI is InChI=1S/C24H27ClN6O4/c1-11(2)19-24(6-7-24)35-23(33)31(19)22-28-13(4)27-21(30-22)26-12(3)15-8-14-9-16(25)18(34-5)10-17(14)29-20(15)32/h8-12,19H,6-7H2,1-5H3,(H,29,32)(H,26,27,28,30)/t12-,19-/m0/s1. The molecule has 1 aromatic carbocycles. The van der Waals surface area contributed by atoms with Gasteiger partial charge in [0.25, 0.3) is 5.56 Å². The number of rotatable bonds is 6. The lowest BCUT2D eigenvalue weighted by molar-refractivity contribution is 0.109. The van der Waals surface area contributed by atoms with Gasteiger partial charge in [0.2, 0.25) is 11.9 Å². The topological polar surface area (TPSA) is 122 Å². The van der Waals surface area contributed by atoms with Crippen LogP contribution in [0, 0.1) is 12.8 Å². The minimum atomic E-state index is -0.449. The van der Waals surface area contributed by atoms with Crippen molar-refractivity contribution in [1.82, 2.24) is 19.9 Å². The van der Waals surface area contributed by atoms with Gasteiger partial charge in [-0.3, -0.25) is 4.79 Å². The molecule has 5 rings (SSSR count). The quantitative estimate of drug-likeness (QED) is 0.513. The van der Waals surface area contributed by atoms with Crippen molar-refractivity contribution < 1.29 is 14.3 Å². The minimum absolute atomic E-state index is 0.146. The van der Waals surface area contributed by atoms with Gasteiger partial charge in [-0.05, 0) is 44.7 Å². The third-order valence-electron chi connectivity index (χ3n) is 6.59. The largest absolute Gasteiger partial charge is 0.495 e. The molecule has 2 N–H and O–H groups in total. The number of aryl methyl sites for hydroxylation is 1. The lowest BCUT2D eigenvalue weighted by Gasteiger charge is -2.26. The van der Waals surface area contributed by atoms with Crippen LogP contribution in [0.2, 0.25) is 5.02 Å². The average molecular weight is 499 g/mol. The molecule has 3 aromatic rings. The van der Waals surface area contributed by atoms with E-state index in [1.54, 1.807) is 30.0 Å². The fourth-order valence-corrected chi connectivity index (χ4v) is 5.13. The fraction of sp³-hybridized carbons (Fsp3) is 0.458. The summed E-state index contributed by atoms with van der Waals surface area (Å²) in [5, 5.41) is 4.39. The Labute approximate surface area is 207 Å². The number of methoxy groups -OCH3 is 1. The number of nitrogens with zero attached hydrogens (tertiary/aromatic N) is 4. The van der Waals surface area contributed by atoms with Crippen molar-refractivity contribution in [2.45, 2.75) is 58.2 Å². The van der Waals surface area contributed by atoms with Crippen LogP contribution < -0.4 is 20.5 Å². The Balaban J connectivity index is 1.46. The number of aromatic amines is 1. The summed E-state index contributed by atoms with van der Waals surface area (Å²) in [6.45, 7) is 7.68.